The van der Waals surface area contributed by atoms with Gasteiger partial charge in [-0.1, -0.05) is 74.7 Å². The van der Waals surface area contributed by atoms with Crippen molar-refractivity contribution in [2.75, 3.05) is 13.1 Å². The standard InChI is InChI=1S/C51H92N12O15/c1-9-28(6)40(48(74)58-34(20-23-39(67)68)46(72)59-35(51(77)78)17-13-15-25-53)62-47(73)36(26-27(4)5)60-44(70)32(16-12-14-24-52)56-45(71)33(19-22-38(65)66)57-49(75)41(29(7)10-2)63-50(76)42(30(8)11-3)61-43(69)31(54)18-21-37(55)64/h27-36,40-42H,9-26,52-54H2,1-8H3,(H2,55,64)(H,56,71)(H,57,75)(H,58,74)(H,59,72)(H,60,70)(H,61,69)(H,62,73)(H,63,76)(H,65,66)(H,67,68)(H,77,78)/t28-,29-,30-,31-,32-,33-,34-,35-,36-,40-,41-,42-/m0/s1. The van der Waals surface area contributed by atoms with Crippen molar-refractivity contribution < 1.29 is 72.9 Å². The van der Waals surface area contributed by atoms with E-state index < -0.39 is 169 Å². The third-order valence-corrected chi connectivity index (χ3v) is 13.5. The number of hydrogen-bond donors (Lipinski definition) is 15. The third-order valence-electron chi connectivity index (χ3n) is 13.5. The van der Waals surface area contributed by atoms with Crippen molar-refractivity contribution in [2.24, 2.45) is 46.6 Å². The van der Waals surface area contributed by atoms with Crippen LogP contribution in [0.4, 0.5) is 0 Å². The van der Waals surface area contributed by atoms with Gasteiger partial charge in [-0.3, -0.25) is 52.7 Å². The van der Waals surface area contributed by atoms with E-state index in [1.807, 2.05) is 0 Å². The zero-order valence-electron chi connectivity index (χ0n) is 46.8. The Kier molecular flexibility index (Phi) is 35.0. The first-order chi connectivity index (χ1) is 36.6. The van der Waals surface area contributed by atoms with Crippen LogP contribution in [-0.4, -0.2) is 154 Å². The molecule has 0 heterocycles. The average Bonchev–Trinajstić information content (AvgIpc) is 3.37. The second-order valence-electron chi connectivity index (χ2n) is 20.4. The van der Waals surface area contributed by atoms with Crippen LogP contribution in [0.2, 0.25) is 0 Å². The van der Waals surface area contributed by atoms with E-state index in [0.29, 0.717) is 38.5 Å². The summed E-state index contributed by atoms with van der Waals surface area (Å²) in [6.45, 7) is 14.2. The van der Waals surface area contributed by atoms with Crippen LogP contribution in [0.25, 0.3) is 0 Å². The molecule has 78 heavy (non-hydrogen) atoms. The summed E-state index contributed by atoms with van der Waals surface area (Å²) in [5.74, 6) is -13.5. The summed E-state index contributed by atoms with van der Waals surface area (Å²) >= 11 is 0. The summed E-state index contributed by atoms with van der Waals surface area (Å²) in [7, 11) is 0. The van der Waals surface area contributed by atoms with E-state index >= 15 is 0 Å². The maximum atomic E-state index is 14.3. The molecule has 0 bridgehead atoms. The minimum atomic E-state index is -1.59. The van der Waals surface area contributed by atoms with Gasteiger partial charge in [0.1, 0.15) is 48.3 Å². The highest BCUT2D eigenvalue weighted by Crippen LogP contribution is 2.16. The second-order valence-corrected chi connectivity index (χ2v) is 20.4. The molecule has 27 heteroatoms. The molecule has 0 saturated carbocycles. The van der Waals surface area contributed by atoms with Crippen molar-refractivity contribution >= 4 is 71.1 Å². The van der Waals surface area contributed by atoms with Crippen LogP contribution in [0, 0.1) is 23.7 Å². The number of primary amides is 1. The monoisotopic (exact) mass is 1110 g/mol. The number of carboxylic acids is 3. The minimum absolute atomic E-state index is 0.00391. The number of rotatable bonds is 42. The fraction of sp³-hybridized carbons (Fsp3) is 0.765. The Hall–Kier alpha value is -6.48. The lowest BCUT2D eigenvalue weighted by molar-refractivity contribution is -0.143. The molecule has 0 radical (unpaired) electrons. The smallest absolute Gasteiger partial charge is 0.326 e. The van der Waals surface area contributed by atoms with Gasteiger partial charge in [-0.05, 0) is 101 Å². The quantitative estimate of drug-likeness (QED) is 0.0316. The number of unbranched alkanes of at least 4 members (excludes halogenated alkanes) is 2. The zero-order chi connectivity index (χ0) is 59.8. The molecule has 0 aliphatic carbocycles. The molecule has 27 nitrogen and oxygen atoms in total. The first kappa shape index (κ1) is 71.5. The predicted octanol–water partition coefficient (Wildman–Crippen LogP) is -1.29. The molecule has 12 atom stereocenters. The molecule has 0 saturated heterocycles. The van der Waals surface area contributed by atoms with Crippen molar-refractivity contribution in [1.29, 1.82) is 0 Å². The molecular weight excluding hydrogens is 1020 g/mol. The average molecular weight is 1110 g/mol. The number of carbonyl (C=O) groups is 12. The molecule has 0 unspecified atom stereocenters. The van der Waals surface area contributed by atoms with Gasteiger partial charge in [-0.15, -0.1) is 0 Å². The molecule has 0 fully saturated rings. The van der Waals surface area contributed by atoms with Gasteiger partial charge < -0.3 is 80.8 Å². The lowest BCUT2D eigenvalue weighted by Gasteiger charge is -2.31. The Bertz CT molecular complexity index is 1990. The summed E-state index contributed by atoms with van der Waals surface area (Å²) in [5.41, 5.74) is 22.4. The van der Waals surface area contributed by atoms with Gasteiger partial charge in [0.2, 0.25) is 53.2 Å². The van der Waals surface area contributed by atoms with Crippen molar-refractivity contribution in [3.63, 3.8) is 0 Å². The first-order valence-corrected chi connectivity index (χ1v) is 27.1. The molecule has 446 valence electrons. The number of nitrogens with two attached hydrogens (primary N) is 4. The van der Waals surface area contributed by atoms with Gasteiger partial charge in [0.25, 0.3) is 0 Å². The SMILES string of the molecule is CC[C@H](C)[C@H](NC(=O)[C@H](CC(C)C)NC(=O)[C@H](CCCCN)NC(=O)[C@H](CCC(=O)O)NC(=O)[C@@H](NC(=O)[C@@H](NC(=O)[C@@H](N)CCC(N)=O)[C@@H](C)CC)[C@@H](C)CC)C(=O)N[C@@H](CCC(=O)O)C(=O)N[C@@H](CCCCN)C(=O)O. The van der Waals surface area contributed by atoms with E-state index in [-0.39, 0.29) is 57.5 Å². The van der Waals surface area contributed by atoms with Crippen molar-refractivity contribution in [3.8, 4) is 0 Å². The highest BCUT2D eigenvalue weighted by atomic mass is 16.4. The summed E-state index contributed by atoms with van der Waals surface area (Å²) in [6, 6.07) is -12.3. The van der Waals surface area contributed by atoms with E-state index in [2.05, 4.69) is 42.5 Å². The fourth-order valence-corrected chi connectivity index (χ4v) is 7.92. The van der Waals surface area contributed by atoms with E-state index in [4.69, 9.17) is 22.9 Å². The van der Waals surface area contributed by atoms with Crippen LogP contribution in [0.5, 0.6) is 0 Å². The maximum Gasteiger partial charge on any atom is 0.326 e. The summed E-state index contributed by atoms with van der Waals surface area (Å²) in [4.78, 5) is 158. The Balaban J connectivity index is 6.89. The van der Waals surface area contributed by atoms with Gasteiger partial charge in [0.05, 0.1) is 6.04 Å². The van der Waals surface area contributed by atoms with Gasteiger partial charge in [-0.2, -0.15) is 0 Å². The van der Waals surface area contributed by atoms with Gasteiger partial charge in [0, 0.05) is 19.3 Å². The molecule has 0 aromatic carbocycles. The predicted molar refractivity (Wildman–Crippen MR) is 287 cm³/mol. The molecule has 9 amide bonds. The number of carbonyl (C=O) groups excluding carboxylic acids is 9. The fourth-order valence-electron chi connectivity index (χ4n) is 7.92. The normalized spacial score (nSPS) is 15.8. The van der Waals surface area contributed by atoms with Crippen LogP contribution < -0.4 is 65.5 Å². The van der Waals surface area contributed by atoms with Crippen LogP contribution in [0.3, 0.4) is 0 Å². The zero-order valence-corrected chi connectivity index (χ0v) is 46.8. The van der Waals surface area contributed by atoms with E-state index in [1.165, 1.54) is 0 Å². The lowest BCUT2D eigenvalue weighted by atomic mass is 9.94. The molecule has 19 N–H and O–H groups in total. The van der Waals surface area contributed by atoms with Crippen LogP contribution in [-0.2, 0) is 57.5 Å². The van der Waals surface area contributed by atoms with Crippen LogP contribution in [0.1, 0.15) is 158 Å². The minimum Gasteiger partial charge on any atom is -0.481 e. The van der Waals surface area contributed by atoms with Gasteiger partial charge >= 0.3 is 17.9 Å². The Morgan fingerprint density at radius 2 is 0.718 bits per heavy atom. The van der Waals surface area contributed by atoms with Gasteiger partial charge in [-0.25, -0.2) is 4.79 Å². The number of amides is 9. The number of aliphatic carboxylic acids is 3. The lowest BCUT2D eigenvalue weighted by Crippen LogP contribution is -2.62. The topological polar surface area (TPSA) is 466 Å². The van der Waals surface area contributed by atoms with Crippen LogP contribution in [0.15, 0.2) is 0 Å². The largest absolute Gasteiger partial charge is 0.481 e. The summed E-state index contributed by atoms with van der Waals surface area (Å²) in [6.07, 6.45) is 0.147. The Morgan fingerprint density at radius 3 is 1.08 bits per heavy atom. The van der Waals surface area contributed by atoms with Crippen molar-refractivity contribution in [3.05, 3.63) is 0 Å². The van der Waals surface area contributed by atoms with Crippen molar-refractivity contribution in [1.82, 2.24) is 42.5 Å². The van der Waals surface area contributed by atoms with Crippen molar-refractivity contribution in [2.45, 2.75) is 212 Å². The molecule has 0 aromatic heterocycles. The second kappa shape index (κ2) is 38.1. The Morgan fingerprint density at radius 1 is 0.397 bits per heavy atom. The van der Waals surface area contributed by atoms with E-state index in [9.17, 15) is 72.9 Å². The third kappa shape index (κ3) is 27.7. The molecular formula is C51H92N12O15. The number of hydrogen-bond acceptors (Lipinski definition) is 15. The summed E-state index contributed by atoms with van der Waals surface area (Å²) in [5, 5.41) is 49.4. The maximum absolute atomic E-state index is 14.3. The van der Waals surface area contributed by atoms with E-state index in [0.717, 1.165) is 0 Å². The van der Waals surface area contributed by atoms with Gasteiger partial charge in [0.15, 0.2) is 0 Å². The first-order valence-electron chi connectivity index (χ1n) is 27.1. The van der Waals surface area contributed by atoms with Crippen LogP contribution >= 0.6 is 0 Å². The molecule has 0 aliphatic rings. The number of nitrogens with one attached hydrogen (secondary N) is 8. The molecule has 0 aromatic rings. The highest BCUT2D eigenvalue weighted by Gasteiger charge is 2.38. The highest BCUT2D eigenvalue weighted by molar-refractivity contribution is 5.98. The molecule has 0 aliphatic heterocycles. The number of carboxylic acid groups (broad SMARTS) is 3. The van der Waals surface area contributed by atoms with E-state index in [1.54, 1.807) is 55.4 Å². The Labute approximate surface area is 457 Å². The molecule has 0 rings (SSSR count). The molecule has 0 spiro atoms. The summed E-state index contributed by atoms with van der Waals surface area (Å²) < 4.78 is 0.